The van der Waals surface area contributed by atoms with Gasteiger partial charge in [-0.2, -0.15) is 0 Å². The van der Waals surface area contributed by atoms with Gasteiger partial charge in [-0.3, -0.25) is 9.79 Å². The van der Waals surface area contributed by atoms with Crippen LogP contribution in [0.4, 0.5) is 11.4 Å². The van der Waals surface area contributed by atoms with Gasteiger partial charge < -0.3 is 15.2 Å². The van der Waals surface area contributed by atoms with Gasteiger partial charge in [-0.1, -0.05) is 24.3 Å². The molecule has 0 atom stereocenters. The molecule has 31 heavy (non-hydrogen) atoms. The Hall–Kier alpha value is -3.93. The number of carbonyl (C=O) groups excluding carboxylic acids is 1. The number of hydrogen-bond acceptors (Lipinski definition) is 4. The lowest BCUT2D eigenvalue weighted by molar-refractivity contribution is -0.118. The maximum absolute atomic E-state index is 12.2. The number of carboxylic acid groups (broad SMARTS) is 1. The molecule has 6 heteroatoms. The molecule has 158 valence electrons. The van der Waals surface area contributed by atoms with E-state index < -0.39 is 5.97 Å². The van der Waals surface area contributed by atoms with Crippen molar-refractivity contribution in [2.75, 3.05) is 11.9 Å². The predicted molar refractivity (Wildman–Crippen MR) is 122 cm³/mol. The van der Waals surface area contributed by atoms with Gasteiger partial charge in [0.1, 0.15) is 5.75 Å². The lowest BCUT2D eigenvalue weighted by Crippen LogP contribution is -2.20. The van der Waals surface area contributed by atoms with E-state index in [1.807, 2.05) is 45.0 Å². The SMILES string of the molecule is Cc1ccc(NC(=O)COc2cccc(C=Nc3cc(C(=O)O)ccc3C)c2)cc1C. The molecule has 0 spiro atoms. The maximum Gasteiger partial charge on any atom is 0.335 e. The summed E-state index contributed by atoms with van der Waals surface area (Å²) in [5.74, 6) is -0.704. The highest BCUT2D eigenvalue weighted by Crippen LogP contribution is 2.21. The van der Waals surface area contributed by atoms with E-state index in [1.165, 1.54) is 6.07 Å². The van der Waals surface area contributed by atoms with Gasteiger partial charge in [0.25, 0.3) is 5.91 Å². The number of nitrogens with one attached hydrogen (secondary N) is 1. The van der Waals surface area contributed by atoms with Crippen molar-refractivity contribution in [3.05, 3.63) is 88.5 Å². The van der Waals surface area contributed by atoms with E-state index in [9.17, 15) is 9.59 Å². The van der Waals surface area contributed by atoms with Gasteiger partial charge in [0, 0.05) is 11.9 Å². The van der Waals surface area contributed by atoms with Crippen LogP contribution in [-0.4, -0.2) is 29.8 Å². The summed E-state index contributed by atoms with van der Waals surface area (Å²) < 4.78 is 5.61. The van der Waals surface area contributed by atoms with Crippen molar-refractivity contribution >= 4 is 29.5 Å². The molecule has 2 N–H and O–H groups in total. The molecule has 1 amide bonds. The van der Waals surface area contributed by atoms with Crippen molar-refractivity contribution in [2.45, 2.75) is 20.8 Å². The summed E-state index contributed by atoms with van der Waals surface area (Å²) in [4.78, 5) is 27.8. The topological polar surface area (TPSA) is 88.0 Å². The Morgan fingerprint density at radius 2 is 1.74 bits per heavy atom. The Balaban J connectivity index is 1.63. The van der Waals surface area contributed by atoms with E-state index in [0.29, 0.717) is 11.4 Å². The molecule has 0 saturated carbocycles. The molecular weight excluding hydrogens is 392 g/mol. The number of nitrogens with zero attached hydrogens (tertiary/aromatic N) is 1. The Labute approximate surface area is 181 Å². The molecule has 3 aromatic carbocycles. The van der Waals surface area contributed by atoms with Gasteiger partial charge in [-0.15, -0.1) is 0 Å². The van der Waals surface area contributed by atoms with E-state index in [-0.39, 0.29) is 18.1 Å². The maximum atomic E-state index is 12.2. The van der Waals surface area contributed by atoms with Gasteiger partial charge in [0.15, 0.2) is 6.61 Å². The van der Waals surface area contributed by atoms with E-state index in [0.717, 1.165) is 27.9 Å². The third kappa shape index (κ3) is 6.02. The number of benzene rings is 3. The summed E-state index contributed by atoms with van der Waals surface area (Å²) in [5, 5.41) is 12.0. The monoisotopic (exact) mass is 416 g/mol. The van der Waals surface area contributed by atoms with Crippen LogP contribution >= 0.6 is 0 Å². The standard InChI is InChI=1S/C25H24N2O4/c1-16-8-10-21(11-18(16)3)27-24(28)15-31-22-6-4-5-19(12-22)14-26-23-13-20(25(29)30)9-7-17(23)2/h4-14H,15H2,1-3H3,(H,27,28)(H,29,30). The highest BCUT2D eigenvalue weighted by molar-refractivity contribution is 5.92. The van der Waals surface area contributed by atoms with E-state index >= 15 is 0 Å². The number of ether oxygens (including phenoxy) is 1. The fraction of sp³-hybridized carbons (Fsp3) is 0.160. The molecular formula is C25H24N2O4. The molecule has 6 nitrogen and oxygen atoms in total. The minimum atomic E-state index is -0.995. The number of aryl methyl sites for hydroxylation is 3. The van der Waals surface area contributed by atoms with Crippen LogP contribution in [0.2, 0.25) is 0 Å². The van der Waals surface area contributed by atoms with Crippen LogP contribution in [0.1, 0.15) is 32.6 Å². The number of carbonyl (C=O) groups is 2. The van der Waals surface area contributed by atoms with Crippen molar-refractivity contribution in [3.63, 3.8) is 0 Å². The molecule has 0 radical (unpaired) electrons. The largest absolute Gasteiger partial charge is 0.484 e. The molecule has 0 aromatic heterocycles. The van der Waals surface area contributed by atoms with Crippen LogP contribution in [0.25, 0.3) is 0 Å². The summed E-state index contributed by atoms with van der Waals surface area (Å²) in [7, 11) is 0. The number of anilines is 1. The van der Waals surface area contributed by atoms with Gasteiger partial charge in [-0.05, 0) is 79.4 Å². The molecule has 0 fully saturated rings. The predicted octanol–water partition coefficient (Wildman–Crippen LogP) is 5.08. The highest BCUT2D eigenvalue weighted by Gasteiger charge is 2.07. The third-order valence-electron chi connectivity index (χ3n) is 4.83. The number of rotatable bonds is 7. The Morgan fingerprint density at radius 3 is 2.48 bits per heavy atom. The second-order valence-electron chi connectivity index (χ2n) is 7.27. The van der Waals surface area contributed by atoms with Crippen LogP contribution in [0.5, 0.6) is 5.75 Å². The molecule has 0 bridgehead atoms. The zero-order valence-electron chi connectivity index (χ0n) is 17.7. The quantitative estimate of drug-likeness (QED) is 0.526. The van der Waals surface area contributed by atoms with Gasteiger partial charge >= 0.3 is 5.97 Å². The number of aliphatic imine (C=N–C) groups is 1. The first-order chi connectivity index (χ1) is 14.8. The first-order valence-corrected chi connectivity index (χ1v) is 9.80. The minimum absolute atomic E-state index is 0.118. The number of carboxylic acids is 1. The molecule has 0 aliphatic carbocycles. The van der Waals surface area contributed by atoms with Crippen molar-refractivity contribution in [3.8, 4) is 5.75 Å². The van der Waals surface area contributed by atoms with Crippen molar-refractivity contribution in [1.29, 1.82) is 0 Å². The first-order valence-electron chi connectivity index (χ1n) is 9.80. The zero-order chi connectivity index (χ0) is 22.4. The third-order valence-corrected chi connectivity index (χ3v) is 4.83. The Bertz CT molecular complexity index is 1150. The lowest BCUT2D eigenvalue weighted by Gasteiger charge is -2.09. The Morgan fingerprint density at radius 1 is 0.968 bits per heavy atom. The molecule has 0 aliphatic rings. The average Bonchev–Trinajstić information content (AvgIpc) is 2.74. The van der Waals surface area contributed by atoms with Crippen molar-refractivity contribution in [1.82, 2.24) is 0 Å². The summed E-state index contributed by atoms with van der Waals surface area (Å²) in [6.45, 7) is 5.76. The zero-order valence-corrected chi connectivity index (χ0v) is 17.7. The first kappa shape index (κ1) is 21.8. The molecule has 3 rings (SSSR count). The van der Waals surface area contributed by atoms with Crippen molar-refractivity contribution < 1.29 is 19.4 Å². The molecule has 0 saturated heterocycles. The van der Waals surface area contributed by atoms with Crippen LogP contribution < -0.4 is 10.1 Å². The van der Waals surface area contributed by atoms with Crippen LogP contribution in [0.15, 0.2) is 65.7 Å². The summed E-state index contributed by atoms with van der Waals surface area (Å²) in [6.07, 6.45) is 1.63. The second kappa shape index (κ2) is 9.71. The van der Waals surface area contributed by atoms with Gasteiger partial charge in [0.05, 0.1) is 11.3 Å². The van der Waals surface area contributed by atoms with E-state index in [1.54, 1.807) is 36.5 Å². The molecule has 0 heterocycles. The lowest BCUT2D eigenvalue weighted by atomic mass is 10.1. The summed E-state index contributed by atoms with van der Waals surface area (Å²) in [6, 6.07) is 17.7. The van der Waals surface area contributed by atoms with Crippen molar-refractivity contribution in [2.24, 2.45) is 4.99 Å². The summed E-state index contributed by atoms with van der Waals surface area (Å²) in [5.41, 5.74) is 5.41. The van der Waals surface area contributed by atoms with E-state index in [4.69, 9.17) is 9.84 Å². The smallest absolute Gasteiger partial charge is 0.335 e. The average molecular weight is 416 g/mol. The number of hydrogen-bond donors (Lipinski definition) is 2. The van der Waals surface area contributed by atoms with Gasteiger partial charge in [0.2, 0.25) is 0 Å². The number of amides is 1. The second-order valence-corrected chi connectivity index (χ2v) is 7.27. The Kier molecular flexibility index (Phi) is 6.82. The highest BCUT2D eigenvalue weighted by atomic mass is 16.5. The molecule has 0 unspecified atom stereocenters. The van der Waals surface area contributed by atoms with Crippen LogP contribution in [0.3, 0.4) is 0 Å². The minimum Gasteiger partial charge on any atom is -0.484 e. The number of aromatic carboxylic acids is 1. The fourth-order valence-corrected chi connectivity index (χ4v) is 2.88. The normalized spacial score (nSPS) is 10.8. The fourth-order valence-electron chi connectivity index (χ4n) is 2.88. The van der Waals surface area contributed by atoms with Crippen LogP contribution in [-0.2, 0) is 4.79 Å². The summed E-state index contributed by atoms with van der Waals surface area (Å²) >= 11 is 0. The molecule has 3 aromatic rings. The van der Waals surface area contributed by atoms with E-state index in [2.05, 4.69) is 10.3 Å². The van der Waals surface area contributed by atoms with Gasteiger partial charge in [-0.25, -0.2) is 4.79 Å². The molecule has 0 aliphatic heterocycles. The van der Waals surface area contributed by atoms with Crippen LogP contribution in [0, 0.1) is 20.8 Å².